The number of aromatic amines is 1. The van der Waals surface area contributed by atoms with E-state index >= 15 is 0 Å². The minimum Gasteiger partial charge on any atom is -0.370 e. The van der Waals surface area contributed by atoms with Crippen molar-refractivity contribution >= 4 is 17.5 Å². The summed E-state index contributed by atoms with van der Waals surface area (Å²) in [5.74, 6) is -0.0106. The molecule has 1 fully saturated rings. The molecule has 2 heterocycles. The van der Waals surface area contributed by atoms with E-state index in [4.69, 9.17) is 16.3 Å². The van der Waals surface area contributed by atoms with Gasteiger partial charge in [-0.3, -0.25) is 9.89 Å². The summed E-state index contributed by atoms with van der Waals surface area (Å²) in [6.45, 7) is 3.49. The molecule has 1 aromatic carbocycles. The molecule has 0 radical (unpaired) electrons. The number of hydrogen-bond donors (Lipinski definition) is 1. The zero-order chi connectivity index (χ0) is 14.8. The Bertz CT molecular complexity index is 639. The number of carbonyl (C=O) groups excluding carboxylic acids is 1. The summed E-state index contributed by atoms with van der Waals surface area (Å²) in [7, 11) is 0. The van der Waals surface area contributed by atoms with Gasteiger partial charge >= 0.3 is 0 Å². The molecular formula is C15H16ClN3O2. The van der Waals surface area contributed by atoms with Gasteiger partial charge in [-0.25, -0.2) is 0 Å². The largest absolute Gasteiger partial charge is 0.370 e. The number of morpholine rings is 1. The van der Waals surface area contributed by atoms with Crippen LogP contribution in [0.2, 0.25) is 5.02 Å². The summed E-state index contributed by atoms with van der Waals surface area (Å²) >= 11 is 5.90. The second-order valence-corrected chi connectivity index (χ2v) is 5.51. The first-order valence-corrected chi connectivity index (χ1v) is 7.19. The van der Waals surface area contributed by atoms with Gasteiger partial charge in [0, 0.05) is 17.3 Å². The van der Waals surface area contributed by atoms with Crippen LogP contribution in [0.3, 0.4) is 0 Å². The highest BCUT2D eigenvalue weighted by molar-refractivity contribution is 6.30. The van der Waals surface area contributed by atoms with Gasteiger partial charge in [0.2, 0.25) is 0 Å². The number of nitrogens with zero attached hydrogens (tertiary/aromatic N) is 2. The van der Waals surface area contributed by atoms with Crippen LogP contribution in [-0.4, -0.2) is 40.7 Å². The number of H-pyrrole nitrogens is 1. The second-order valence-electron chi connectivity index (χ2n) is 5.07. The average Bonchev–Trinajstić information content (AvgIpc) is 2.93. The van der Waals surface area contributed by atoms with Crippen LogP contribution in [0.15, 0.2) is 30.5 Å². The van der Waals surface area contributed by atoms with Crippen LogP contribution in [0.4, 0.5) is 0 Å². The molecule has 0 saturated carbocycles. The van der Waals surface area contributed by atoms with Crippen LogP contribution in [0.1, 0.15) is 27.7 Å². The van der Waals surface area contributed by atoms with Gasteiger partial charge in [0.1, 0.15) is 6.10 Å². The highest BCUT2D eigenvalue weighted by atomic mass is 35.5. The van der Waals surface area contributed by atoms with Crippen molar-refractivity contribution in [2.75, 3.05) is 19.7 Å². The molecule has 1 unspecified atom stereocenters. The van der Waals surface area contributed by atoms with Crippen LogP contribution in [0.5, 0.6) is 0 Å². The van der Waals surface area contributed by atoms with Crippen LogP contribution in [0, 0.1) is 6.92 Å². The number of benzene rings is 1. The van der Waals surface area contributed by atoms with Gasteiger partial charge in [-0.05, 0) is 24.6 Å². The molecule has 1 atom stereocenters. The summed E-state index contributed by atoms with van der Waals surface area (Å²) in [4.78, 5) is 14.3. The van der Waals surface area contributed by atoms with Crippen LogP contribution >= 0.6 is 11.6 Å². The molecule has 5 nitrogen and oxygen atoms in total. The lowest BCUT2D eigenvalue weighted by molar-refractivity contribution is -0.0228. The molecule has 1 saturated heterocycles. The van der Waals surface area contributed by atoms with E-state index in [1.54, 1.807) is 11.1 Å². The summed E-state index contributed by atoms with van der Waals surface area (Å²) in [5, 5.41) is 7.39. The summed E-state index contributed by atoms with van der Waals surface area (Å²) in [5.41, 5.74) is 2.43. The first-order valence-electron chi connectivity index (χ1n) is 6.81. The van der Waals surface area contributed by atoms with Crippen molar-refractivity contribution in [3.8, 4) is 0 Å². The predicted octanol–water partition coefficient (Wildman–Crippen LogP) is 2.59. The van der Waals surface area contributed by atoms with E-state index in [-0.39, 0.29) is 12.0 Å². The zero-order valence-corrected chi connectivity index (χ0v) is 12.4. The summed E-state index contributed by atoms with van der Waals surface area (Å²) in [6.07, 6.45) is 1.46. The minimum atomic E-state index is -0.118. The molecule has 1 aromatic heterocycles. The van der Waals surface area contributed by atoms with Gasteiger partial charge < -0.3 is 9.64 Å². The van der Waals surface area contributed by atoms with E-state index in [9.17, 15) is 4.79 Å². The fourth-order valence-corrected chi connectivity index (χ4v) is 2.58. The normalized spacial score (nSPS) is 18.8. The average molecular weight is 306 g/mol. The lowest BCUT2D eigenvalue weighted by Crippen LogP contribution is -2.42. The molecule has 0 aliphatic carbocycles. The molecule has 0 bridgehead atoms. The number of amides is 1. The molecular weight excluding hydrogens is 290 g/mol. The Morgan fingerprint density at radius 2 is 2.19 bits per heavy atom. The Kier molecular flexibility index (Phi) is 3.94. The van der Waals surface area contributed by atoms with Crippen LogP contribution in [0.25, 0.3) is 0 Å². The van der Waals surface area contributed by atoms with E-state index in [0.717, 1.165) is 11.3 Å². The lowest BCUT2D eigenvalue weighted by atomic mass is 10.1. The van der Waals surface area contributed by atoms with Gasteiger partial charge in [-0.15, -0.1) is 0 Å². The highest BCUT2D eigenvalue weighted by Gasteiger charge is 2.27. The van der Waals surface area contributed by atoms with Crippen LogP contribution in [-0.2, 0) is 4.74 Å². The lowest BCUT2D eigenvalue weighted by Gasteiger charge is -2.33. The van der Waals surface area contributed by atoms with Gasteiger partial charge in [0.25, 0.3) is 5.91 Å². The number of aromatic nitrogens is 2. The van der Waals surface area contributed by atoms with Crippen LogP contribution < -0.4 is 0 Å². The Morgan fingerprint density at radius 3 is 2.86 bits per heavy atom. The molecule has 1 aliphatic heterocycles. The molecule has 3 rings (SSSR count). The third-order valence-corrected chi connectivity index (χ3v) is 3.91. The third-order valence-electron chi connectivity index (χ3n) is 3.66. The van der Waals surface area contributed by atoms with E-state index < -0.39 is 0 Å². The Hall–Kier alpha value is -1.85. The van der Waals surface area contributed by atoms with Crippen molar-refractivity contribution in [3.05, 3.63) is 52.3 Å². The van der Waals surface area contributed by atoms with Crippen molar-refractivity contribution in [1.82, 2.24) is 15.1 Å². The van der Waals surface area contributed by atoms with Gasteiger partial charge in [-0.1, -0.05) is 23.7 Å². The maximum Gasteiger partial charge on any atom is 0.257 e. The van der Waals surface area contributed by atoms with Crippen molar-refractivity contribution < 1.29 is 9.53 Å². The molecule has 1 amide bonds. The van der Waals surface area contributed by atoms with E-state index in [1.165, 1.54) is 0 Å². The SMILES string of the molecule is Cc1[nH]ncc1C(=O)N1CCOC(c2ccc(Cl)cc2)C1. The monoisotopic (exact) mass is 305 g/mol. The second kappa shape index (κ2) is 5.87. The number of halogens is 1. The Balaban J connectivity index is 1.75. The first-order chi connectivity index (χ1) is 10.1. The minimum absolute atomic E-state index is 0.0106. The number of rotatable bonds is 2. The molecule has 110 valence electrons. The van der Waals surface area contributed by atoms with Gasteiger partial charge in [-0.2, -0.15) is 5.10 Å². The molecule has 0 spiro atoms. The topological polar surface area (TPSA) is 58.2 Å². The third kappa shape index (κ3) is 2.94. The van der Waals surface area contributed by atoms with E-state index in [0.29, 0.717) is 30.3 Å². The Labute approximate surface area is 127 Å². The smallest absolute Gasteiger partial charge is 0.257 e. The fourth-order valence-electron chi connectivity index (χ4n) is 2.45. The number of hydrogen-bond acceptors (Lipinski definition) is 3. The van der Waals surface area contributed by atoms with Crippen molar-refractivity contribution in [1.29, 1.82) is 0 Å². The quantitative estimate of drug-likeness (QED) is 0.928. The summed E-state index contributed by atoms with van der Waals surface area (Å²) in [6, 6.07) is 7.54. The number of aryl methyl sites for hydroxylation is 1. The number of ether oxygens (including phenoxy) is 1. The molecule has 1 aliphatic rings. The van der Waals surface area contributed by atoms with Gasteiger partial charge in [0.15, 0.2) is 0 Å². The van der Waals surface area contributed by atoms with E-state index in [2.05, 4.69) is 10.2 Å². The maximum absolute atomic E-state index is 12.5. The molecule has 21 heavy (non-hydrogen) atoms. The van der Waals surface area contributed by atoms with Crippen molar-refractivity contribution in [2.24, 2.45) is 0 Å². The fraction of sp³-hybridized carbons (Fsp3) is 0.333. The summed E-state index contributed by atoms with van der Waals surface area (Å²) < 4.78 is 5.77. The molecule has 6 heteroatoms. The zero-order valence-electron chi connectivity index (χ0n) is 11.7. The van der Waals surface area contributed by atoms with Gasteiger partial charge in [0.05, 0.1) is 24.9 Å². The van der Waals surface area contributed by atoms with Crippen molar-refractivity contribution in [3.63, 3.8) is 0 Å². The highest BCUT2D eigenvalue weighted by Crippen LogP contribution is 2.24. The molecule has 1 N–H and O–H groups in total. The standard InChI is InChI=1S/C15H16ClN3O2/c1-10-13(8-17-18-10)15(20)19-6-7-21-14(9-19)11-2-4-12(16)5-3-11/h2-5,8,14H,6-7,9H2,1H3,(H,17,18). The maximum atomic E-state index is 12.5. The number of nitrogens with one attached hydrogen (secondary N) is 1. The van der Waals surface area contributed by atoms with Crippen molar-refractivity contribution in [2.45, 2.75) is 13.0 Å². The molecule has 2 aromatic rings. The predicted molar refractivity (Wildman–Crippen MR) is 79.4 cm³/mol. The Morgan fingerprint density at radius 1 is 1.43 bits per heavy atom. The van der Waals surface area contributed by atoms with E-state index in [1.807, 2.05) is 31.2 Å². The first kappa shape index (κ1) is 14.1. The number of carbonyl (C=O) groups is 1.